The van der Waals surface area contributed by atoms with Gasteiger partial charge in [-0.3, -0.25) is 9.69 Å². The molecule has 2 N–H and O–H groups in total. The van der Waals surface area contributed by atoms with Crippen LogP contribution in [0.25, 0.3) is 0 Å². The van der Waals surface area contributed by atoms with E-state index in [0.717, 1.165) is 32.6 Å². The molecule has 0 spiro atoms. The van der Waals surface area contributed by atoms with Gasteiger partial charge in [-0.2, -0.15) is 0 Å². The fourth-order valence-electron chi connectivity index (χ4n) is 2.93. The lowest BCUT2D eigenvalue weighted by Crippen LogP contribution is -2.57. The molecule has 2 aliphatic rings. The van der Waals surface area contributed by atoms with Gasteiger partial charge in [0.2, 0.25) is 5.91 Å². The number of ether oxygens (including phenoxy) is 1. The van der Waals surface area contributed by atoms with E-state index in [1.54, 1.807) is 0 Å². The van der Waals surface area contributed by atoms with Gasteiger partial charge < -0.3 is 20.1 Å². The van der Waals surface area contributed by atoms with Crippen molar-refractivity contribution in [3.8, 4) is 0 Å². The number of aliphatic hydroxyl groups is 1. The number of hydrogen-bond donors (Lipinski definition) is 2. The van der Waals surface area contributed by atoms with E-state index in [-0.39, 0.29) is 24.2 Å². The normalized spacial score (nSPS) is 28.1. The molecule has 0 radical (unpaired) electrons. The fraction of sp³-hybridized carbons (Fsp3) is 0.929. The molecule has 2 rings (SSSR count). The summed E-state index contributed by atoms with van der Waals surface area (Å²) in [6.07, 6.45) is 0.815. The predicted molar refractivity (Wildman–Crippen MR) is 76.5 cm³/mol. The first-order chi connectivity index (χ1) is 9.50. The second-order valence-corrected chi connectivity index (χ2v) is 6.34. The Balaban J connectivity index is 1.90. The van der Waals surface area contributed by atoms with Gasteiger partial charge in [0.05, 0.1) is 24.9 Å². The molecule has 0 bridgehead atoms. The van der Waals surface area contributed by atoms with Crippen LogP contribution in [0.4, 0.5) is 0 Å². The summed E-state index contributed by atoms with van der Waals surface area (Å²) in [5, 5.41) is 12.6. The number of rotatable bonds is 3. The maximum Gasteiger partial charge on any atom is 0.236 e. The average Bonchev–Trinajstić information content (AvgIpc) is 2.65. The van der Waals surface area contributed by atoms with Crippen molar-refractivity contribution < 1.29 is 14.6 Å². The Morgan fingerprint density at radius 3 is 2.95 bits per heavy atom. The van der Waals surface area contributed by atoms with Crippen LogP contribution in [0.3, 0.4) is 0 Å². The summed E-state index contributed by atoms with van der Waals surface area (Å²) in [6.45, 7) is 9.30. The number of hydrogen-bond acceptors (Lipinski definition) is 5. The first-order valence-corrected chi connectivity index (χ1v) is 7.50. The summed E-state index contributed by atoms with van der Waals surface area (Å²) in [6, 6.07) is 0. The van der Waals surface area contributed by atoms with Gasteiger partial charge in [0.1, 0.15) is 0 Å². The van der Waals surface area contributed by atoms with Crippen molar-refractivity contribution in [2.45, 2.75) is 32.0 Å². The highest BCUT2D eigenvalue weighted by atomic mass is 16.5. The lowest BCUT2D eigenvalue weighted by Gasteiger charge is -2.42. The molecule has 6 nitrogen and oxygen atoms in total. The lowest BCUT2D eigenvalue weighted by molar-refractivity contribution is -0.167. The van der Waals surface area contributed by atoms with E-state index >= 15 is 0 Å². The van der Waals surface area contributed by atoms with Crippen LogP contribution in [-0.2, 0) is 9.53 Å². The minimum Gasteiger partial charge on any atom is -0.394 e. The molecule has 2 saturated heterocycles. The summed E-state index contributed by atoms with van der Waals surface area (Å²) >= 11 is 0. The van der Waals surface area contributed by atoms with Crippen LogP contribution in [0.1, 0.15) is 20.3 Å². The van der Waals surface area contributed by atoms with Crippen molar-refractivity contribution in [3.63, 3.8) is 0 Å². The average molecular weight is 285 g/mol. The second-order valence-electron chi connectivity index (χ2n) is 6.34. The molecule has 20 heavy (non-hydrogen) atoms. The molecule has 1 atom stereocenters. The molecule has 0 aromatic carbocycles. The number of morpholine rings is 1. The summed E-state index contributed by atoms with van der Waals surface area (Å²) in [4.78, 5) is 16.5. The Labute approximate surface area is 121 Å². The van der Waals surface area contributed by atoms with E-state index in [2.05, 4.69) is 10.2 Å². The Morgan fingerprint density at radius 2 is 2.20 bits per heavy atom. The van der Waals surface area contributed by atoms with Crippen molar-refractivity contribution in [1.82, 2.24) is 15.1 Å². The van der Waals surface area contributed by atoms with Crippen LogP contribution in [0.5, 0.6) is 0 Å². The second kappa shape index (κ2) is 6.85. The van der Waals surface area contributed by atoms with E-state index < -0.39 is 0 Å². The van der Waals surface area contributed by atoms with Crippen LogP contribution < -0.4 is 5.32 Å². The van der Waals surface area contributed by atoms with Crippen LogP contribution in [0, 0.1) is 0 Å². The molecule has 0 saturated carbocycles. The third-order valence-electron chi connectivity index (χ3n) is 3.83. The van der Waals surface area contributed by atoms with Crippen molar-refractivity contribution in [2.24, 2.45) is 0 Å². The van der Waals surface area contributed by atoms with E-state index in [0.29, 0.717) is 19.6 Å². The molecule has 0 aromatic rings. The van der Waals surface area contributed by atoms with Gasteiger partial charge in [-0.1, -0.05) is 0 Å². The quantitative estimate of drug-likeness (QED) is 0.716. The van der Waals surface area contributed by atoms with Crippen LogP contribution in [-0.4, -0.2) is 84.9 Å². The largest absolute Gasteiger partial charge is 0.394 e. The van der Waals surface area contributed by atoms with Crippen LogP contribution in [0.15, 0.2) is 0 Å². The Morgan fingerprint density at radius 1 is 1.40 bits per heavy atom. The molecule has 0 aromatic heterocycles. The molecule has 1 amide bonds. The highest BCUT2D eigenvalue weighted by Gasteiger charge is 2.35. The molecule has 1 unspecified atom stereocenters. The van der Waals surface area contributed by atoms with Crippen LogP contribution >= 0.6 is 0 Å². The zero-order chi connectivity index (χ0) is 14.6. The molecular formula is C14H27N3O3. The number of aliphatic hydroxyl groups excluding tert-OH is 1. The summed E-state index contributed by atoms with van der Waals surface area (Å²) in [5.41, 5.74) is -0.387. The number of amides is 1. The Hall–Kier alpha value is -0.690. The van der Waals surface area contributed by atoms with Crippen LogP contribution in [0.2, 0.25) is 0 Å². The minimum absolute atomic E-state index is 0.0408. The highest BCUT2D eigenvalue weighted by molar-refractivity contribution is 5.78. The molecule has 0 aliphatic carbocycles. The monoisotopic (exact) mass is 285 g/mol. The fourth-order valence-corrected chi connectivity index (χ4v) is 2.93. The maximum atomic E-state index is 12.5. The number of nitrogens with one attached hydrogen (secondary N) is 1. The van der Waals surface area contributed by atoms with Gasteiger partial charge in [-0.05, 0) is 33.4 Å². The van der Waals surface area contributed by atoms with Crippen molar-refractivity contribution >= 4 is 5.91 Å². The zero-order valence-corrected chi connectivity index (χ0v) is 12.6. The molecule has 6 heteroatoms. The van der Waals surface area contributed by atoms with Crippen molar-refractivity contribution in [2.75, 3.05) is 52.4 Å². The van der Waals surface area contributed by atoms with Crippen molar-refractivity contribution in [1.29, 1.82) is 0 Å². The van der Waals surface area contributed by atoms with Gasteiger partial charge in [-0.15, -0.1) is 0 Å². The first-order valence-electron chi connectivity index (χ1n) is 7.50. The van der Waals surface area contributed by atoms with Gasteiger partial charge in [0.15, 0.2) is 0 Å². The highest BCUT2D eigenvalue weighted by Crippen LogP contribution is 2.21. The van der Waals surface area contributed by atoms with Gasteiger partial charge in [-0.25, -0.2) is 0 Å². The SMILES string of the molecule is CC1(C)CN(C(=O)CN2CCCNCC2)CC(CO)O1. The van der Waals surface area contributed by atoms with Crippen molar-refractivity contribution in [3.05, 3.63) is 0 Å². The standard InChI is InChI=1S/C14H27N3O3/c1-14(2)11-17(8-12(10-18)20-14)13(19)9-16-6-3-4-15-5-7-16/h12,15,18H,3-11H2,1-2H3. The summed E-state index contributed by atoms with van der Waals surface area (Å²) in [5.74, 6) is 0.140. The molecular weight excluding hydrogens is 258 g/mol. The maximum absolute atomic E-state index is 12.5. The van der Waals surface area contributed by atoms with Gasteiger partial charge in [0.25, 0.3) is 0 Å². The number of carbonyl (C=O) groups excluding carboxylic acids is 1. The third-order valence-corrected chi connectivity index (χ3v) is 3.83. The molecule has 2 aliphatic heterocycles. The molecule has 2 fully saturated rings. The number of carbonyl (C=O) groups is 1. The predicted octanol–water partition coefficient (Wildman–Crippen LogP) is -0.720. The number of nitrogens with zero attached hydrogens (tertiary/aromatic N) is 2. The smallest absolute Gasteiger partial charge is 0.236 e. The van der Waals surface area contributed by atoms with E-state index in [9.17, 15) is 9.90 Å². The van der Waals surface area contributed by atoms with Gasteiger partial charge in [0, 0.05) is 26.2 Å². The molecule has 2 heterocycles. The van der Waals surface area contributed by atoms with E-state index in [1.807, 2.05) is 18.7 Å². The third kappa shape index (κ3) is 4.41. The van der Waals surface area contributed by atoms with E-state index in [1.165, 1.54) is 0 Å². The Bertz CT molecular complexity index is 328. The zero-order valence-electron chi connectivity index (χ0n) is 12.6. The minimum atomic E-state index is -0.387. The van der Waals surface area contributed by atoms with Gasteiger partial charge >= 0.3 is 0 Å². The van der Waals surface area contributed by atoms with E-state index in [4.69, 9.17) is 4.74 Å². The lowest BCUT2D eigenvalue weighted by atomic mass is 10.1. The topological polar surface area (TPSA) is 65.0 Å². The molecule has 116 valence electrons. The summed E-state index contributed by atoms with van der Waals surface area (Å²) < 4.78 is 5.75. The first kappa shape index (κ1) is 15.7. The summed E-state index contributed by atoms with van der Waals surface area (Å²) in [7, 11) is 0. The Kier molecular flexibility index (Phi) is 5.37.